The smallest absolute Gasteiger partial charge is 0.163 e. The van der Waals surface area contributed by atoms with Gasteiger partial charge in [0, 0.05) is 13.1 Å². The summed E-state index contributed by atoms with van der Waals surface area (Å²) in [7, 11) is 0. The van der Waals surface area contributed by atoms with Gasteiger partial charge in [0.15, 0.2) is 10.2 Å². The van der Waals surface area contributed by atoms with Gasteiger partial charge in [-0.15, -0.1) is 0 Å². The SMILES string of the molecule is NC(=S)NCCOCCNC(N)=S. The van der Waals surface area contributed by atoms with Gasteiger partial charge in [0.1, 0.15) is 0 Å². The van der Waals surface area contributed by atoms with E-state index in [1.54, 1.807) is 0 Å². The Bertz CT molecular complexity index is 158. The number of hydrogen-bond donors (Lipinski definition) is 4. The molecule has 0 spiro atoms. The van der Waals surface area contributed by atoms with Crippen molar-refractivity contribution in [3.05, 3.63) is 0 Å². The fourth-order valence-corrected chi connectivity index (χ4v) is 0.799. The molecule has 0 heterocycles. The van der Waals surface area contributed by atoms with E-state index in [1.165, 1.54) is 0 Å². The lowest BCUT2D eigenvalue weighted by Gasteiger charge is -2.06. The number of rotatable bonds is 6. The molecule has 76 valence electrons. The highest BCUT2D eigenvalue weighted by molar-refractivity contribution is 7.80. The first-order chi connectivity index (χ1) is 6.13. The predicted octanol–water partition coefficient (Wildman–Crippen LogP) is -1.33. The van der Waals surface area contributed by atoms with Gasteiger partial charge in [-0.2, -0.15) is 0 Å². The number of hydrogen-bond acceptors (Lipinski definition) is 3. The van der Waals surface area contributed by atoms with Crippen molar-refractivity contribution in [3.8, 4) is 0 Å². The van der Waals surface area contributed by atoms with E-state index in [1.807, 2.05) is 0 Å². The van der Waals surface area contributed by atoms with Crippen LogP contribution < -0.4 is 22.1 Å². The van der Waals surface area contributed by atoms with E-state index in [2.05, 4.69) is 35.1 Å². The molecule has 5 nitrogen and oxygen atoms in total. The number of nitrogens with one attached hydrogen (secondary N) is 2. The van der Waals surface area contributed by atoms with Crippen molar-refractivity contribution in [2.24, 2.45) is 11.5 Å². The summed E-state index contributed by atoms with van der Waals surface area (Å²) in [5.41, 5.74) is 10.4. The summed E-state index contributed by atoms with van der Waals surface area (Å²) in [4.78, 5) is 0. The Morgan fingerprint density at radius 1 is 1.00 bits per heavy atom. The third-order valence-corrected chi connectivity index (χ3v) is 1.38. The van der Waals surface area contributed by atoms with Crippen LogP contribution in [0.2, 0.25) is 0 Å². The second-order valence-corrected chi connectivity index (χ2v) is 3.07. The fraction of sp³-hybridized carbons (Fsp3) is 0.667. The molecule has 0 amide bonds. The van der Waals surface area contributed by atoms with E-state index in [0.29, 0.717) is 26.3 Å². The molecule has 0 saturated carbocycles. The molecule has 0 aliphatic rings. The average molecular weight is 222 g/mol. The third kappa shape index (κ3) is 11.3. The number of nitrogens with two attached hydrogens (primary N) is 2. The molecule has 0 saturated heterocycles. The number of ether oxygens (including phenoxy) is 1. The van der Waals surface area contributed by atoms with E-state index in [9.17, 15) is 0 Å². The average Bonchev–Trinajstić information content (AvgIpc) is 2.01. The van der Waals surface area contributed by atoms with Gasteiger partial charge in [-0.25, -0.2) is 0 Å². The largest absolute Gasteiger partial charge is 0.378 e. The number of thiocarbonyl (C=S) groups is 2. The molecule has 0 aliphatic heterocycles. The topological polar surface area (TPSA) is 85.3 Å². The van der Waals surface area contributed by atoms with Gasteiger partial charge in [-0.3, -0.25) is 0 Å². The molecule has 7 heteroatoms. The van der Waals surface area contributed by atoms with Gasteiger partial charge < -0.3 is 26.8 Å². The van der Waals surface area contributed by atoms with Crippen LogP contribution in [0, 0.1) is 0 Å². The highest BCUT2D eigenvalue weighted by atomic mass is 32.1. The minimum absolute atomic E-state index is 0.282. The summed E-state index contributed by atoms with van der Waals surface area (Å²) in [5.74, 6) is 0. The Labute approximate surface area is 88.2 Å². The van der Waals surface area contributed by atoms with Crippen molar-refractivity contribution in [3.63, 3.8) is 0 Å². The molecular formula is C6H14N4OS2. The van der Waals surface area contributed by atoms with Gasteiger partial charge in [-0.05, 0) is 24.4 Å². The first kappa shape index (κ1) is 12.3. The second-order valence-electron chi connectivity index (χ2n) is 2.19. The van der Waals surface area contributed by atoms with Crippen LogP contribution in [-0.2, 0) is 4.74 Å². The first-order valence-corrected chi connectivity index (χ1v) is 4.59. The van der Waals surface area contributed by atoms with Crippen LogP contribution in [0.3, 0.4) is 0 Å². The monoisotopic (exact) mass is 222 g/mol. The van der Waals surface area contributed by atoms with Crippen LogP contribution in [-0.4, -0.2) is 36.5 Å². The van der Waals surface area contributed by atoms with Crippen LogP contribution in [0.5, 0.6) is 0 Å². The maximum absolute atomic E-state index is 5.19. The van der Waals surface area contributed by atoms with Crippen molar-refractivity contribution in [1.82, 2.24) is 10.6 Å². The van der Waals surface area contributed by atoms with E-state index < -0.39 is 0 Å². The first-order valence-electron chi connectivity index (χ1n) is 3.77. The molecule has 0 bridgehead atoms. The van der Waals surface area contributed by atoms with Gasteiger partial charge in [0.05, 0.1) is 13.2 Å². The predicted molar refractivity (Wildman–Crippen MR) is 60.4 cm³/mol. The summed E-state index contributed by atoms with van der Waals surface area (Å²) < 4.78 is 5.18. The van der Waals surface area contributed by atoms with Gasteiger partial charge in [0.2, 0.25) is 0 Å². The highest BCUT2D eigenvalue weighted by Gasteiger charge is 1.90. The quantitative estimate of drug-likeness (QED) is 0.327. The fourth-order valence-electron chi connectivity index (χ4n) is 0.595. The van der Waals surface area contributed by atoms with Crippen LogP contribution >= 0.6 is 24.4 Å². The molecule has 0 radical (unpaired) electrons. The van der Waals surface area contributed by atoms with E-state index >= 15 is 0 Å². The standard InChI is InChI=1S/C6H14N4OS2/c7-5(12)9-1-3-11-4-2-10-6(8)13/h1-4H2,(H3,7,9,12)(H3,8,10,13). The molecule has 6 N–H and O–H groups in total. The van der Waals surface area contributed by atoms with Crippen molar-refractivity contribution in [2.45, 2.75) is 0 Å². The summed E-state index contributed by atoms with van der Waals surface area (Å²) >= 11 is 9.19. The van der Waals surface area contributed by atoms with Crippen molar-refractivity contribution in [2.75, 3.05) is 26.3 Å². The normalized spacial score (nSPS) is 9.23. The van der Waals surface area contributed by atoms with Gasteiger partial charge >= 0.3 is 0 Å². The van der Waals surface area contributed by atoms with Crippen molar-refractivity contribution >= 4 is 34.7 Å². The molecule has 0 atom stereocenters. The Kier molecular flexibility index (Phi) is 7.56. The van der Waals surface area contributed by atoms with Gasteiger partial charge in [0.25, 0.3) is 0 Å². The van der Waals surface area contributed by atoms with Crippen LogP contribution in [0.1, 0.15) is 0 Å². The Hall–Kier alpha value is -0.660. The molecule has 0 aromatic carbocycles. The van der Waals surface area contributed by atoms with Gasteiger partial charge in [-0.1, -0.05) is 0 Å². The molecule has 0 unspecified atom stereocenters. The minimum atomic E-state index is 0.282. The molecule has 0 fully saturated rings. The lowest BCUT2D eigenvalue weighted by atomic mass is 10.6. The summed E-state index contributed by atoms with van der Waals surface area (Å²) in [5, 5.41) is 6.08. The summed E-state index contributed by atoms with van der Waals surface area (Å²) in [6, 6.07) is 0. The third-order valence-electron chi connectivity index (χ3n) is 1.09. The molecule has 0 rings (SSSR count). The Morgan fingerprint density at radius 3 is 1.69 bits per heavy atom. The molecule has 0 aromatic rings. The summed E-state index contributed by atoms with van der Waals surface area (Å²) in [6.07, 6.45) is 0. The Morgan fingerprint density at radius 2 is 1.38 bits per heavy atom. The maximum atomic E-state index is 5.19. The highest BCUT2D eigenvalue weighted by Crippen LogP contribution is 1.72. The van der Waals surface area contributed by atoms with E-state index in [0.717, 1.165) is 0 Å². The zero-order valence-electron chi connectivity index (χ0n) is 7.21. The van der Waals surface area contributed by atoms with Crippen LogP contribution in [0.25, 0.3) is 0 Å². The lowest BCUT2D eigenvalue weighted by Crippen LogP contribution is -2.34. The van der Waals surface area contributed by atoms with E-state index in [-0.39, 0.29) is 10.2 Å². The summed E-state index contributed by atoms with van der Waals surface area (Å²) in [6.45, 7) is 2.33. The van der Waals surface area contributed by atoms with Crippen molar-refractivity contribution < 1.29 is 4.74 Å². The van der Waals surface area contributed by atoms with Crippen LogP contribution in [0.4, 0.5) is 0 Å². The zero-order chi connectivity index (χ0) is 10.1. The molecule has 13 heavy (non-hydrogen) atoms. The van der Waals surface area contributed by atoms with Crippen molar-refractivity contribution in [1.29, 1.82) is 0 Å². The zero-order valence-corrected chi connectivity index (χ0v) is 8.84. The maximum Gasteiger partial charge on any atom is 0.163 e. The lowest BCUT2D eigenvalue weighted by molar-refractivity contribution is 0.144. The van der Waals surface area contributed by atoms with Crippen LogP contribution in [0.15, 0.2) is 0 Å². The second kappa shape index (κ2) is 7.96. The Balaban J connectivity index is 3.00. The molecule has 0 aromatic heterocycles. The molecular weight excluding hydrogens is 208 g/mol. The van der Waals surface area contributed by atoms with E-state index in [4.69, 9.17) is 16.2 Å². The minimum Gasteiger partial charge on any atom is -0.378 e. The molecule has 0 aliphatic carbocycles.